The minimum absolute atomic E-state index is 0.505. The number of fused-ring (bicyclic) bond motifs is 1. The number of likely N-dealkylation sites (N-methyl/N-ethyl adjacent to an activating group) is 1. The zero-order valence-electron chi connectivity index (χ0n) is 15.5. The van der Waals surface area contributed by atoms with Crippen LogP contribution in [0.15, 0.2) is 84.9 Å². The van der Waals surface area contributed by atoms with Gasteiger partial charge in [0, 0.05) is 18.5 Å². The van der Waals surface area contributed by atoms with Crippen molar-refractivity contribution in [1.29, 1.82) is 0 Å². The molecule has 0 aromatic heterocycles. The number of rotatable bonds is 5. The smallest absolute Gasteiger partial charge is 0.0142 e. The standard InChI is InChI=1S/C25H27N/c1-26(17-16-20-10-4-2-5-11-20)23-18-22-14-8-9-15-24(22)25(19-23)21-12-6-3-7-13-21/h2-15,23,25H,16-19H2,1H3/t23-,25-/m0/s1. The van der Waals surface area contributed by atoms with Crippen LogP contribution in [0, 0.1) is 0 Å². The quantitative estimate of drug-likeness (QED) is 0.608. The van der Waals surface area contributed by atoms with Crippen molar-refractivity contribution in [3.05, 3.63) is 107 Å². The first-order valence-corrected chi connectivity index (χ1v) is 9.68. The van der Waals surface area contributed by atoms with Gasteiger partial charge in [0.05, 0.1) is 0 Å². The van der Waals surface area contributed by atoms with Gasteiger partial charge in [0.25, 0.3) is 0 Å². The third kappa shape index (κ3) is 3.73. The van der Waals surface area contributed by atoms with Crippen molar-refractivity contribution in [3.63, 3.8) is 0 Å². The van der Waals surface area contributed by atoms with Gasteiger partial charge in [-0.05, 0) is 48.6 Å². The maximum atomic E-state index is 2.57. The molecule has 0 spiro atoms. The van der Waals surface area contributed by atoms with Crippen LogP contribution in [-0.2, 0) is 12.8 Å². The summed E-state index contributed by atoms with van der Waals surface area (Å²) in [6.45, 7) is 1.11. The second kappa shape index (κ2) is 7.88. The van der Waals surface area contributed by atoms with Crippen LogP contribution in [-0.4, -0.2) is 24.5 Å². The summed E-state index contributed by atoms with van der Waals surface area (Å²) >= 11 is 0. The van der Waals surface area contributed by atoms with Gasteiger partial charge in [0.15, 0.2) is 0 Å². The molecule has 0 N–H and O–H groups in total. The maximum Gasteiger partial charge on any atom is 0.0142 e. The molecule has 3 aromatic carbocycles. The van der Waals surface area contributed by atoms with Gasteiger partial charge in [0.2, 0.25) is 0 Å². The maximum absolute atomic E-state index is 2.57. The molecule has 0 amide bonds. The second-order valence-corrected chi connectivity index (χ2v) is 7.47. The molecule has 0 bridgehead atoms. The Labute approximate surface area is 157 Å². The van der Waals surface area contributed by atoms with Crippen LogP contribution in [0.5, 0.6) is 0 Å². The lowest BCUT2D eigenvalue weighted by Gasteiger charge is -2.37. The Morgan fingerprint density at radius 2 is 1.46 bits per heavy atom. The summed E-state index contributed by atoms with van der Waals surface area (Å²) < 4.78 is 0. The fourth-order valence-corrected chi connectivity index (χ4v) is 4.27. The van der Waals surface area contributed by atoms with Gasteiger partial charge in [-0.15, -0.1) is 0 Å². The summed E-state index contributed by atoms with van der Waals surface area (Å²) in [6.07, 6.45) is 3.47. The van der Waals surface area contributed by atoms with Crippen molar-refractivity contribution in [1.82, 2.24) is 4.90 Å². The highest BCUT2D eigenvalue weighted by Gasteiger charge is 2.29. The van der Waals surface area contributed by atoms with Crippen molar-refractivity contribution >= 4 is 0 Å². The highest BCUT2D eigenvalue weighted by atomic mass is 15.1. The molecular weight excluding hydrogens is 314 g/mol. The second-order valence-electron chi connectivity index (χ2n) is 7.47. The molecule has 0 heterocycles. The molecule has 1 heteroatoms. The van der Waals surface area contributed by atoms with Gasteiger partial charge in [0.1, 0.15) is 0 Å². The molecule has 0 fully saturated rings. The van der Waals surface area contributed by atoms with Crippen LogP contribution in [0.25, 0.3) is 0 Å². The molecule has 0 saturated heterocycles. The molecule has 0 radical (unpaired) electrons. The third-order valence-corrected chi connectivity index (χ3v) is 5.82. The van der Waals surface area contributed by atoms with Crippen LogP contribution in [0.4, 0.5) is 0 Å². The predicted molar refractivity (Wildman–Crippen MR) is 110 cm³/mol. The van der Waals surface area contributed by atoms with Gasteiger partial charge in [-0.1, -0.05) is 84.9 Å². The van der Waals surface area contributed by atoms with E-state index in [0.717, 1.165) is 19.4 Å². The molecule has 1 nitrogen and oxygen atoms in total. The van der Waals surface area contributed by atoms with E-state index in [1.807, 2.05) is 0 Å². The minimum Gasteiger partial charge on any atom is -0.303 e. The van der Waals surface area contributed by atoms with Crippen molar-refractivity contribution < 1.29 is 0 Å². The molecule has 4 rings (SSSR count). The fraction of sp³-hybridized carbons (Fsp3) is 0.280. The van der Waals surface area contributed by atoms with Crippen LogP contribution in [0.1, 0.15) is 34.6 Å². The zero-order chi connectivity index (χ0) is 17.8. The highest BCUT2D eigenvalue weighted by molar-refractivity contribution is 5.41. The van der Waals surface area contributed by atoms with E-state index in [2.05, 4.69) is 96.9 Å². The van der Waals surface area contributed by atoms with E-state index in [-0.39, 0.29) is 0 Å². The Kier molecular flexibility index (Phi) is 5.17. The number of hydrogen-bond acceptors (Lipinski definition) is 1. The molecular formula is C25H27N. The van der Waals surface area contributed by atoms with Crippen molar-refractivity contribution in [2.45, 2.75) is 31.2 Å². The van der Waals surface area contributed by atoms with Gasteiger partial charge >= 0.3 is 0 Å². The molecule has 132 valence electrons. The van der Waals surface area contributed by atoms with E-state index in [4.69, 9.17) is 0 Å². The monoisotopic (exact) mass is 341 g/mol. The van der Waals surface area contributed by atoms with Crippen molar-refractivity contribution in [2.24, 2.45) is 0 Å². The topological polar surface area (TPSA) is 3.24 Å². The summed E-state index contributed by atoms with van der Waals surface area (Å²) in [7, 11) is 2.30. The van der Waals surface area contributed by atoms with E-state index in [0.29, 0.717) is 12.0 Å². The van der Waals surface area contributed by atoms with Gasteiger partial charge < -0.3 is 4.90 Å². The number of nitrogens with zero attached hydrogens (tertiary/aromatic N) is 1. The van der Waals surface area contributed by atoms with Gasteiger partial charge in [-0.3, -0.25) is 0 Å². The van der Waals surface area contributed by atoms with E-state index in [1.54, 1.807) is 0 Å². The van der Waals surface area contributed by atoms with Crippen molar-refractivity contribution in [3.8, 4) is 0 Å². The predicted octanol–water partition coefficient (Wildman–Crippen LogP) is 5.31. The summed E-state index contributed by atoms with van der Waals surface area (Å²) in [5.41, 5.74) is 5.91. The first kappa shape index (κ1) is 17.1. The van der Waals surface area contributed by atoms with E-state index in [1.165, 1.54) is 28.7 Å². The van der Waals surface area contributed by atoms with E-state index >= 15 is 0 Å². The van der Waals surface area contributed by atoms with Gasteiger partial charge in [-0.25, -0.2) is 0 Å². The zero-order valence-corrected chi connectivity index (χ0v) is 15.5. The molecule has 0 unspecified atom stereocenters. The Balaban J connectivity index is 1.53. The summed E-state index contributed by atoms with van der Waals surface area (Å²) in [4.78, 5) is 2.57. The van der Waals surface area contributed by atoms with Crippen LogP contribution < -0.4 is 0 Å². The largest absolute Gasteiger partial charge is 0.303 e. The SMILES string of the molecule is CN(CCc1ccccc1)[C@H]1Cc2ccccc2[C@H](c2ccccc2)C1. The Morgan fingerprint density at radius 3 is 2.23 bits per heavy atom. The Hall–Kier alpha value is -2.38. The van der Waals surface area contributed by atoms with Crippen LogP contribution >= 0.6 is 0 Å². The molecule has 3 aromatic rings. The lowest BCUT2D eigenvalue weighted by molar-refractivity contribution is 0.217. The fourth-order valence-electron chi connectivity index (χ4n) is 4.27. The molecule has 1 aliphatic rings. The third-order valence-electron chi connectivity index (χ3n) is 5.82. The Bertz CT molecular complexity index is 825. The van der Waals surface area contributed by atoms with Crippen LogP contribution in [0.3, 0.4) is 0 Å². The molecule has 0 saturated carbocycles. The van der Waals surface area contributed by atoms with E-state index < -0.39 is 0 Å². The number of hydrogen-bond donors (Lipinski definition) is 0. The normalized spacial score (nSPS) is 19.3. The Morgan fingerprint density at radius 1 is 0.808 bits per heavy atom. The average molecular weight is 341 g/mol. The summed E-state index contributed by atoms with van der Waals surface area (Å²) in [5, 5.41) is 0. The highest BCUT2D eigenvalue weighted by Crippen LogP contribution is 2.38. The van der Waals surface area contributed by atoms with E-state index in [9.17, 15) is 0 Å². The van der Waals surface area contributed by atoms with Gasteiger partial charge in [-0.2, -0.15) is 0 Å². The molecule has 26 heavy (non-hydrogen) atoms. The lowest BCUT2D eigenvalue weighted by Crippen LogP contribution is -2.39. The lowest BCUT2D eigenvalue weighted by atomic mass is 9.76. The first-order valence-electron chi connectivity index (χ1n) is 9.68. The molecule has 1 aliphatic carbocycles. The number of benzene rings is 3. The van der Waals surface area contributed by atoms with Crippen LogP contribution in [0.2, 0.25) is 0 Å². The molecule has 2 atom stereocenters. The minimum atomic E-state index is 0.505. The average Bonchev–Trinajstić information content (AvgIpc) is 2.72. The summed E-state index contributed by atoms with van der Waals surface area (Å²) in [6, 6.07) is 31.5. The van der Waals surface area contributed by atoms with Crippen molar-refractivity contribution in [2.75, 3.05) is 13.6 Å². The summed E-state index contributed by atoms with van der Waals surface area (Å²) in [5.74, 6) is 0.505. The molecule has 0 aliphatic heterocycles. The first-order chi connectivity index (χ1) is 12.8.